The van der Waals surface area contributed by atoms with Crippen molar-refractivity contribution in [2.75, 3.05) is 11.9 Å². The summed E-state index contributed by atoms with van der Waals surface area (Å²) in [5, 5.41) is 15.4. The van der Waals surface area contributed by atoms with E-state index in [1.54, 1.807) is 12.1 Å². The third kappa shape index (κ3) is 5.49. The molecule has 0 spiro atoms. The zero-order valence-electron chi connectivity index (χ0n) is 15.1. The molecule has 0 saturated heterocycles. The van der Waals surface area contributed by atoms with Crippen LogP contribution in [0, 0.1) is 0 Å². The number of hydrogen-bond acceptors (Lipinski definition) is 3. The van der Waals surface area contributed by atoms with E-state index in [0.717, 1.165) is 5.56 Å². The fraction of sp³-hybridized carbons (Fsp3) is 0.300. The molecule has 0 aliphatic rings. The Balaban J connectivity index is 1.84. The van der Waals surface area contributed by atoms with Crippen molar-refractivity contribution in [3.05, 3.63) is 58.6 Å². The number of carbonyl (C=O) groups excluding carboxylic acids is 2. The summed E-state index contributed by atoms with van der Waals surface area (Å²) in [5.41, 5.74) is 1.96. The summed E-state index contributed by atoms with van der Waals surface area (Å²) in [6.45, 7) is 6.52. The van der Waals surface area contributed by atoms with Gasteiger partial charge in [0, 0.05) is 23.6 Å². The van der Waals surface area contributed by atoms with E-state index < -0.39 is 0 Å². The van der Waals surface area contributed by atoms with E-state index in [-0.39, 0.29) is 41.6 Å². The maximum atomic E-state index is 12.1. The lowest BCUT2D eigenvalue weighted by Gasteiger charge is -2.19. The van der Waals surface area contributed by atoms with Crippen LogP contribution in [0.1, 0.15) is 43.1 Å². The highest BCUT2D eigenvalue weighted by molar-refractivity contribution is 6.31. The van der Waals surface area contributed by atoms with Gasteiger partial charge >= 0.3 is 0 Å². The molecular weight excluding hydrogens is 352 g/mol. The number of benzene rings is 2. The molecule has 0 radical (unpaired) electrons. The van der Waals surface area contributed by atoms with E-state index in [1.807, 2.05) is 12.1 Å². The van der Waals surface area contributed by atoms with Gasteiger partial charge in [0.15, 0.2) is 0 Å². The van der Waals surface area contributed by atoms with E-state index in [2.05, 4.69) is 31.4 Å². The second-order valence-corrected chi connectivity index (χ2v) is 7.48. The van der Waals surface area contributed by atoms with Gasteiger partial charge in [0.25, 0.3) is 5.91 Å². The summed E-state index contributed by atoms with van der Waals surface area (Å²) in [7, 11) is 0. The summed E-state index contributed by atoms with van der Waals surface area (Å²) >= 11 is 5.83. The van der Waals surface area contributed by atoms with Gasteiger partial charge < -0.3 is 15.7 Å². The van der Waals surface area contributed by atoms with Crippen LogP contribution in [0.25, 0.3) is 0 Å². The first-order chi connectivity index (χ1) is 12.2. The number of nitrogens with one attached hydrogen (secondary N) is 2. The molecule has 138 valence electrons. The molecule has 0 saturated carbocycles. The van der Waals surface area contributed by atoms with E-state index >= 15 is 0 Å². The average molecular weight is 375 g/mol. The Morgan fingerprint density at radius 3 is 2.35 bits per heavy atom. The third-order valence-electron chi connectivity index (χ3n) is 3.88. The topological polar surface area (TPSA) is 78.4 Å². The molecule has 0 aromatic heterocycles. The van der Waals surface area contributed by atoms with Crippen LogP contribution in [0.5, 0.6) is 5.75 Å². The average Bonchev–Trinajstić information content (AvgIpc) is 2.57. The number of phenolic OH excluding ortho intramolecular Hbond substituents is 1. The van der Waals surface area contributed by atoms with Gasteiger partial charge in [-0.2, -0.15) is 0 Å². The van der Waals surface area contributed by atoms with Crippen molar-refractivity contribution in [2.45, 2.75) is 32.6 Å². The summed E-state index contributed by atoms with van der Waals surface area (Å²) in [6, 6.07) is 11.8. The van der Waals surface area contributed by atoms with Gasteiger partial charge in [-0.1, -0.05) is 44.5 Å². The molecule has 0 atom stereocenters. The monoisotopic (exact) mass is 374 g/mol. The van der Waals surface area contributed by atoms with Gasteiger partial charge in [0.2, 0.25) is 5.91 Å². The molecule has 6 heteroatoms. The minimum atomic E-state index is -0.328. The van der Waals surface area contributed by atoms with Crippen molar-refractivity contribution in [3.63, 3.8) is 0 Å². The van der Waals surface area contributed by atoms with Crippen molar-refractivity contribution in [1.82, 2.24) is 5.32 Å². The maximum absolute atomic E-state index is 12.1. The molecule has 2 aromatic carbocycles. The molecule has 0 aliphatic heterocycles. The number of hydrogen-bond donors (Lipinski definition) is 3. The molecule has 2 rings (SSSR count). The SMILES string of the molecule is CC(C)(C)c1ccc(C(=O)NCCC(=O)Nc2cc(Cl)ccc2O)cc1. The van der Waals surface area contributed by atoms with Crippen molar-refractivity contribution < 1.29 is 14.7 Å². The largest absolute Gasteiger partial charge is 0.506 e. The molecule has 0 fully saturated rings. The molecule has 2 aromatic rings. The Hall–Kier alpha value is -2.53. The van der Waals surface area contributed by atoms with Gasteiger partial charge in [-0.25, -0.2) is 0 Å². The highest BCUT2D eigenvalue weighted by Crippen LogP contribution is 2.26. The molecular formula is C20H23ClN2O3. The fourth-order valence-electron chi connectivity index (χ4n) is 2.33. The molecule has 26 heavy (non-hydrogen) atoms. The second-order valence-electron chi connectivity index (χ2n) is 7.04. The summed E-state index contributed by atoms with van der Waals surface area (Å²) in [5.74, 6) is -0.625. The highest BCUT2D eigenvalue weighted by atomic mass is 35.5. The number of phenols is 1. The van der Waals surface area contributed by atoms with Crippen molar-refractivity contribution in [1.29, 1.82) is 0 Å². The molecule has 5 nitrogen and oxygen atoms in total. The maximum Gasteiger partial charge on any atom is 0.251 e. The number of aromatic hydroxyl groups is 1. The molecule has 0 unspecified atom stereocenters. The zero-order valence-corrected chi connectivity index (χ0v) is 15.9. The molecule has 2 amide bonds. The van der Waals surface area contributed by atoms with Gasteiger partial charge in [-0.15, -0.1) is 0 Å². The zero-order chi connectivity index (χ0) is 19.3. The van der Waals surface area contributed by atoms with E-state index in [4.69, 9.17) is 11.6 Å². The Kier molecular flexibility index (Phi) is 6.27. The fourth-order valence-corrected chi connectivity index (χ4v) is 2.51. The van der Waals surface area contributed by atoms with Crippen LogP contribution in [0.4, 0.5) is 5.69 Å². The van der Waals surface area contributed by atoms with Gasteiger partial charge in [0.05, 0.1) is 5.69 Å². The van der Waals surface area contributed by atoms with Crippen molar-refractivity contribution in [3.8, 4) is 5.75 Å². The number of anilines is 1. The molecule has 3 N–H and O–H groups in total. The minimum Gasteiger partial charge on any atom is -0.506 e. The normalized spacial score (nSPS) is 11.1. The highest BCUT2D eigenvalue weighted by Gasteiger charge is 2.14. The van der Waals surface area contributed by atoms with Crippen molar-refractivity contribution >= 4 is 29.1 Å². The second kappa shape index (κ2) is 8.23. The summed E-state index contributed by atoms with van der Waals surface area (Å²) < 4.78 is 0. The van der Waals surface area contributed by atoms with E-state index in [9.17, 15) is 14.7 Å². The summed E-state index contributed by atoms with van der Waals surface area (Å²) in [6.07, 6.45) is 0.0811. The van der Waals surface area contributed by atoms with Gasteiger partial charge in [-0.05, 0) is 41.3 Å². The molecule has 0 aliphatic carbocycles. The Morgan fingerprint density at radius 2 is 1.73 bits per heavy atom. The Morgan fingerprint density at radius 1 is 1.08 bits per heavy atom. The smallest absolute Gasteiger partial charge is 0.251 e. The number of amides is 2. The number of rotatable bonds is 5. The van der Waals surface area contributed by atoms with Gasteiger partial charge in [-0.3, -0.25) is 9.59 Å². The lowest BCUT2D eigenvalue weighted by Crippen LogP contribution is -2.27. The first-order valence-electron chi connectivity index (χ1n) is 8.34. The lowest BCUT2D eigenvalue weighted by atomic mass is 9.87. The first-order valence-corrected chi connectivity index (χ1v) is 8.72. The minimum absolute atomic E-state index is 0.0268. The van der Waals surface area contributed by atoms with E-state index in [0.29, 0.717) is 10.6 Å². The van der Waals surface area contributed by atoms with E-state index in [1.165, 1.54) is 18.2 Å². The lowest BCUT2D eigenvalue weighted by molar-refractivity contribution is -0.116. The molecule has 0 heterocycles. The van der Waals surface area contributed by atoms with Crippen LogP contribution in [0.15, 0.2) is 42.5 Å². The molecule has 0 bridgehead atoms. The quantitative estimate of drug-likeness (QED) is 0.689. The van der Waals surface area contributed by atoms with Crippen LogP contribution < -0.4 is 10.6 Å². The third-order valence-corrected chi connectivity index (χ3v) is 4.12. The van der Waals surface area contributed by atoms with Crippen LogP contribution in [-0.4, -0.2) is 23.5 Å². The number of carbonyl (C=O) groups is 2. The van der Waals surface area contributed by atoms with Crippen LogP contribution in [0.2, 0.25) is 5.02 Å². The first kappa shape index (κ1) is 19.8. The van der Waals surface area contributed by atoms with Gasteiger partial charge in [0.1, 0.15) is 5.75 Å². The predicted octanol–water partition coefficient (Wildman–Crippen LogP) is 4.10. The van der Waals surface area contributed by atoms with Crippen LogP contribution in [-0.2, 0) is 10.2 Å². The predicted molar refractivity (Wildman–Crippen MR) is 104 cm³/mol. The Bertz CT molecular complexity index is 796. The van der Waals surface area contributed by atoms with Crippen molar-refractivity contribution in [2.24, 2.45) is 0 Å². The summed E-state index contributed by atoms with van der Waals surface area (Å²) in [4.78, 5) is 24.1. The number of halogens is 1. The standard InChI is InChI=1S/C20H23ClN2O3/c1-20(2,3)14-6-4-13(5-7-14)19(26)22-11-10-18(25)23-16-12-15(21)8-9-17(16)24/h4-9,12,24H,10-11H2,1-3H3,(H,22,26)(H,23,25). The van der Waals surface area contributed by atoms with Crippen LogP contribution >= 0.6 is 11.6 Å². The Labute approximate surface area is 158 Å². The van der Waals surface area contributed by atoms with Crippen LogP contribution in [0.3, 0.4) is 0 Å².